The fourth-order valence-corrected chi connectivity index (χ4v) is 2.54. The Hall–Kier alpha value is -2.09. The van der Waals surface area contributed by atoms with Gasteiger partial charge in [0.25, 0.3) is 11.6 Å². The van der Waals surface area contributed by atoms with E-state index in [0.717, 1.165) is 12.8 Å². The van der Waals surface area contributed by atoms with Gasteiger partial charge in [0.15, 0.2) is 6.61 Å². The van der Waals surface area contributed by atoms with Crippen LogP contribution < -0.4 is 4.74 Å². The van der Waals surface area contributed by atoms with Crippen LogP contribution in [-0.4, -0.2) is 40.2 Å². The van der Waals surface area contributed by atoms with Gasteiger partial charge in [0.2, 0.25) is 0 Å². The highest BCUT2D eigenvalue weighted by Gasteiger charge is 2.63. The highest BCUT2D eigenvalue weighted by Crippen LogP contribution is 2.41. The van der Waals surface area contributed by atoms with E-state index < -0.39 is 30.8 Å². The van der Waals surface area contributed by atoms with Crippen molar-refractivity contribution in [2.24, 2.45) is 5.10 Å². The van der Waals surface area contributed by atoms with Crippen LogP contribution in [0.3, 0.4) is 0 Å². The molecule has 8 heteroatoms. The van der Waals surface area contributed by atoms with Gasteiger partial charge in [-0.05, 0) is 25.0 Å². The minimum absolute atomic E-state index is 0.122. The summed E-state index contributed by atoms with van der Waals surface area (Å²) in [5, 5.41) is 14.0. The second kappa shape index (κ2) is 7.86. The minimum Gasteiger partial charge on any atom is -0.484 e. The van der Waals surface area contributed by atoms with E-state index >= 15 is 0 Å². The number of halogens is 3. The summed E-state index contributed by atoms with van der Waals surface area (Å²) in [6.45, 7) is 1.33. The van der Waals surface area contributed by atoms with Gasteiger partial charge in [-0.1, -0.05) is 38.0 Å². The molecule has 1 heterocycles. The summed E-state index contributed by atoms with van der Waals surface area (Å²) in [4.78, 5) is 12.2. The number of nitrogens with zero attached hydrogens (tertiary/aromatic N) is 2. The van der Waals surface area contributed by atoms with E-state index in [1.807, 2.05) is 6.92 Å². The molecule has 0 bridgehead atoms. The SMILES string of the molecule is CCCCCC1=NN(C(=O)COc2ccccc2)[C@@](O)(C(F)(F)F)C1. The van der Waals surface area contributed by atoms with E-state index in [4.69, 9.17) is 4.74 Å². The molecule has 1 aliphatic rings. The van der Waals surface area contributed by atoms with Crippen LogP contribution >= 0.6 is 0 Å². The lowest BCUT2D eigenvalue weighted by Gasteiger charge is -2.32. The molecule has 1 aromatic rings. The van der Waals surface area contributed by atoms with Crippen LogP contribution in [0.15, 0.2) is 35.4 Å². The maximum Gasteiger partial charge on any atom is 0.438 e. The van der Waals surface area contributed by atoms with Crippen molar-refractivity contribution in [2.75, 3.05) is 6.61 Å². The van der Waals surface area contributed by atoms with Crippen molar-refractivity contribution in [1.82, 2.24) is 5.01 Å². The Morgan fingerprint density at radius 1 is 1.32 bits per heavy atom. The number of carbonyl (C=O) groups is 1. The highest BCUT2D eigenvalue weighted by atomic mass is 19.4. The molecular weight excluding hydrogens is 337 g/mol. The maximum atomic E-state index is 13.3. The smallest absolute Gasteiger partial charge is 0.438 e. The van der Waals surface area contributed by atoms with Crippen LogP contribution in [0.5, 0.6) is 5.75 Å². The summed E-state index contributed by atoms with van der Waals surface area (Å²) in [5.74, 6) is -0.702. The first-order chi connectivity index (χ1) is 11.8. The quantitative estimate of drug-likeness (QED) is 0.759. The lowest BCUT2D eigenvalue weighted by atomic mass is 10.0. The summed E-state index contributed by atoms with van der Waals surface area (Å²) in [5.41, 5.74) is -3.15. The Morgan fingerprint density at radius 2 is 2.00 bits per heavy atom. The molecule has 0 aromatic heterocycles. The Bertz CT molecular complexity index is 619. The molecule has 25 heavy (non-hydrogen) atoms. The fourth-order valence-electron chi connectivity index (χ4n) is 2.54. The summed E-state index contributed by atoms with van der Waals surface area (Å²) in [7, 11) is 0. The number of benzene rings is 1. The van der Waals surface area contributed by atoms with Crippen LogP contribution in [0.2, 0.25) is 0 Å². The van der Waals surface area contributed by atoms with Crippen molar-refractivity contribution in [2.45, 2.75) is 50.9 Å². The zero-order chi connectivity index (χ0) is 18.5. The third kappa shape index (κ3) is 4.50. The Morgan fingerprint density at radius 3 is 2.60 bits per heavy atom. The molecular formula is C17H21F3N2O3. The molecule has 0 spiro atoms. The molecule has 0 aliphatic carbocycles. The van der Waals surface area contributed by atoms with E-state index in [1.54, 1.807) is 30.3 Å². The molecule has 1 aliphatic heterocycles. The first kappa shape index (κ1) is 19.2. The van der Waals surface area contributed by atoms with Gasteiger partial charge in [-0.3, -0.25) is 4.79 Å². The summed E-state index contributed by atoms with van der Waals surface area (Å²) in [6.07, 6.45) is -3.01. The van der Waals surface area contributed by atoms with Crippen molar-refractivity contribution in [3.63, 3.8) is 0 Å². The van der Waals surface area contributed by atoms with Gasteiger partial charge in [-0.2, -0.15) is 23.3 Å². The molecule has 0 saturated carbocycles. The summed E-state index contributed by atoms with van der Waals surface area (Å²) < 4.78 is 45.1. The number of para-hydroxylation sites is 1. The van der Waals surface area contributed by atoms with Gasteiger partial charge >= 0.3 is 6.18 Å². The number of unbranched alkanes of at least 4 members (excludes halogenated alkanes) is 2. The number of amides is 1. The van der Waals surface area contributed by atoms with Crippen LogP contribution in [0.1, 0.15) is 39.0 Å². The zero-order valence-corrected chi connectivity index (χ0v) is 13.9. The van der Waals surface area contributed by atoms with Gasteiger partial charge in [0, 0.05) is 12.1 Å². The molecule has 1 aromatic carbocycles. The monoisotopic (exact) mass is 358 g/mol. The second-order valence-corrected chi connectivity index (χ2v) is 5.92. The molecule has 5 nitrogen and oxygen atoms in total. The molecule has 0 radical (unpaired) electrons. The van der Waals surface area contributed by atoms with Gasteiger partial charge in [-0.15, -0.1) is 0 Å². The lowest BCUT2D eigenvalue weighted by Crippen LogP contribution is -2.57. The number of carbonyl (C=O) groups excluding carboxylic acids is 1. The standard InChI is InChI=1S/C17H21F3N2O3/c1-2-3-5-8-13-11-16(24,17(18,19)20)22(21-13)15(23)12-25-14-9-6-4-7-10-14/h4,6-7,9-10,24H,2-3,5,8,11-12H2,1H3/t16-/m0/s1. The van der Waals surface area contributed by atoms with Crippen LogP contribution in [0.4, 0.5) is 13.2 Å². The van der Waals surface area contributed by atoms with Gasteiger partial charge in [0.05, 0.1) is 0 Å². The second-order valence-electron chi connectivity index (χ2n) is 5.92. The van der Waals surface area contributed by atoms with E-state index in [-0.39, 0.29) is 10.7 Å². The Kier molecular flexibility index (Phi) is 6.05. The van der Waals surface area contributed by atoms with E-state index in [2.05, 4.69) is 5.10 Å². The normalized spacial score (nSPS) is 20.5. The van der Waals surface area contributed by atoms with Crippen molar-refractivity contribution < 1.29 is 27.8 Å². The molecule has 138 valence electrons. The third-order valence-electron chi connectivity index (χ3n) is 3.91. The molecule has 1 N–H and O–H groups in total. The lowest BCUT2D eigenvalue weighted by molar-refractivity contribution is -0.302. The first-order valence-corrected chi connectivity index (χ1v) is 8.14. The number of hydrogen-bond donors (Lipinski definition) is 1. The van der Waals surface area contributed by atoms with Crippen molar-refractivity contribution in [3.8, 4) is 5.75 Å². The number of hydrogen-bond acceptors (Lipinski definition) is 4. The molecule has 1 atom stereocenters. The number of hydrazone groups is 1. The molecule has 0 unspecified atom stereocenters. The van der Waals surface area contributed by atoms with E-state index in [1.165, 1.54) is 0 Å². The topological polar surface area (TPSA) is 62.1 Å². The predicted octanol–water partition coefficient (Wildman–Crippen LogP) is 3.48. The molecule has 0 fully saturated rings. The minimum atomic E-state index is -5.01. The number of rotatable bonds is 7. The van der Waals surface area contributed by atoms with Crippen molar-refractivity contribution in [1.29, 1.82) is 0 Å². The average Bonchev–Trinajstić information content (AvgIpc) is 2.92. The maximum absolute atomic E-state index is 13.3. The van der Waals surface area contributed by atoms with Crippen molar-refractivity contribution in [3.05, 3.63) is 30.3 Å². The van der Waals surface area contributed by atoms with Crippen LogP contribution in [-0.2, 0) is 4.79 Å². The largest absolute Gasteiger partial charge is 0.484 e. The van der Waals surface area contributed by atoms with Gasteiger partial charge in [-0.25, -0.2) is 0 Å². The Labute approximate surface area is 144 Å². The number of ether oxygens (including phenoxy) is 1. The third-order valence-corrected chi connectivity index (χ3v) is 3.91. The molecule has 0 saturated heterocycles. The van der Waals surface area contributed by atoms with E-state index in [0.29, 0.717) is 18.6 Å². The number of alkyl halides is 3. The zero-order valence-electron chi connectivity index (χ0n) is 13.9. The predicted molar refractivity (Wildman–Crippen MR) is 86.0 cm³/mol. The molecule has 1 amide bonds. The van der Waals surface area contributed by atoms with Crippen molar-refractivity contribution >= 4 is 11.6 Å². The average molecular weight is 358 g/mol. The Balaban J connectivity index is 2.10. The van der Waals surface area contributed by atoms with Crippen LogP contribution in [0, 0.1) is 0 Å². The highest BCUT2D eigenvalue weighted by molar-refractivity contribution is 5.91. The number of aliphatic hydroxyl groups is 1. The van der Waals surface area contributed by atoms with Crippen LogP contribution in [0.25, 0.3) is 0 Å². The van der Waals surface area contributed by atoms with Gasteiger partial charge in [0.1, 0.15) is 5.75 Å². The summed E-state index contributed by atoms with van der Waals surface area (Å²) in [6, 6.07) is 8.24. The van der Waals surface area contributed by atoms with Gasteiger partial charge < -0.3 is 9.84 Å². The van der Waals surface area contributed by atoms with E-state index in [9.17, 15) is 23.1 Å². The molecule has 2 rings (SSSR count). The summed E-state index contributed by atoms with van der Waals surface area (Å²) >= 11 is 0. The fraction of sp³-hybridized carbons (Fsp3) is 0.529. The first-order valence-electron chi connectivity index (χ1n) is 8.14.